The van der Waals surface area contributed by atoms with Gasteiger partial charge in [0.15, 0.2) is 0 Å². The minimum Gasteiger partial charge on any atom is -0.368 e. The van der Waals surface area contributed by atoms with Crippen molar-refractivity contribution in [3.05, 3.63) is 64.7 Å². The molecule has 1 saturated heterocycles. The largest absolute Gasteiger partial charge is 0.368 e. The smallest absolute Gasteiger partial charge is 0.239 e. The molecule has 2 aromatic rings. The van der Waals surface area contributed by atoms with Crippen LogP contribution >= 0.6 is 0 Å². The van der Waals surface area contributed by atoms with Gasteiger partial charge in [-0.15, -0.1) is 0 Å². The first-order valence-corrected chi connectivity index (χ1v) is 10.0. The van der Waals surface area contributed by atoms with Gasteiger partial charge in [0.1, 0.15) is 6.04 Å². The minimum atomic E-state index is -0.539. The van der Waals surface area contributed by atoms with Gasteiger partial charge in [-0.1, -0.05) is 30.3 Å². The molecule has 3 rings (SSSR count). The maximum absolute atomic E-state index is 12.5. The Labute approximate surface area is 177 Å². The number of anilines is 1. The third-order valence-corrected chi connectivity index (χ3v) is 5.51. The Morgan fingerprint density at radius 1 is 1.07 bits per heavy atom. The maximum atomic E-state index is 12.5. The van der Waals surface area contributed by atoms with Crippen LogP contribution in [0.2, 0.25) is 0 Å². The van der Waals surface area contributed by atoms with E-state index < -0.39 is 11.9 Å². The van der Waals surface area contributed by atoms with E-state index in [0.29, 0.717) is 38.3 Å². The van der Waals surface area contributed by atoms with E-state index in [1.807, 2.05) is 36.9 Å². The monoisotopic (exact) mass is 405 g/mol. The third kappa shape index (κ3) is 5.03. The molecule has 156 valence electrons. The van der Waals surface area contributed by atoms with E-state index in [9.17, 15) is 9.59 Å². The van der Waals surface area contributed by atoms with Gasteiger partial charge in [0, 0.05) is 31.9 Å². The second kappa shape index (κ2) is 9.53. The quantitative estimate of drug-likeness (QED) is 0.765. The van der Waals surface area contributed by atoms with Gasteiger partial charge in [-0.05, 0) is 42.7 Å². The molecule has 0 radical (unpaired) electrons. The second-order valence-corrected chi connectivity index (χ2v) is 7.67. The lowest BCUT2D eigenvalue weighted by Gasteiger charge is -2.38. The Morgan fingerprint density at radius 2 is 1.67 bits per heavy atom. The Morgan fingerprint density at radius 3 is 2.20 bits per heavy atom. The molecule has 0 saturated carbocycles. The molecule has 30 heavy (non-hydrogen) atoms. The van der Waals surface area contributed by atoms with Crippen LogP contribution in [0.5, 0.6) is 0 Å². The summed E-state index contributed by atoms with van der Waals surface area (Å²) in [6, 6.07) is 14.4. The molecule has 3 N–H and O–H groups in total. The second-order valence-electron chi connectivity index (χ2n) is 7.67. The predicted molar refractivity (Wildman–Crippen MR) is 116 cm³/mol. The lowest BCUT2D eigenvalue weighted by Crippen LogP contribution is -2.51. The van der Waals surface area contributed by atoms with E-state index in [-0.39, 0.29) is 5.91 Å². The number of carbonyl (C=O) groups excluding carboxylic acids is 2. The molecule has 1 atom stereocenters. The molecule has 7 nitrogen and oxygen atoms in total. The number of rotatable bonds is 6. The van der Waals surface area contributed by atoms with E-state index in [4.69, 9.17) is 11.0 Å². The van der Waals surface area contributed by atoms with Crippen molar-refractivity contribution < 1.29 is 9.59 Å². The SMILES string of the molecule is Cc1cccc(C)c1NC(=O)CN1CCN(C(C(N)=O)c2ccc(C#N)cc2)CC1. The highest BCUT2D eigenvalue weighted by atomic mass is 16.2. The van der Waals surface area contributed by atoms with E-state index >= 15 is 0 Å². The highest BCUT2D eigenvalue weighted by Gasteiger charge is 2.29. The zero-order valence-corrected chi connectivity index (χ0v) is 17.4. The van der Waals surface area contributed by atoms with Crippen molar-refractivity contribution in [1.82, 2.24) is 9.80 Å². The fourth-order valence-electron chi connectivity index (χ4n) is 3.87. The van der Waals surface area contributed by atoms with E-state index in [1.165, 1.54) is 0 Å². The van der Waals surface area contributed by atoms with Crippen molar-refractivity contribution >= 4 is 17.5 Å². The van der Waals surface area contributed by atoms with Gasteiger partial charge in [0.05, 0.1) is 18.2 Å². The van der Waals surface area contributed by atoms with E-state index in [1.54, 1.807) is 24.3 Å². The third-order valence-electron chi connectivity index (χ3n) is 5.51. The van der Waals surface area contributed by atoms with Gasteiger partial charge >= 0.3 is 0 Å². The molecule has 2 aromatic carbocycles. The van der Waals surface area contributed by atoms with Gasteiger partial charge in [0.25, 0.3) is 0 Å². The van der Waals surface area contributed by atoms with Crippen LogP contribution in [0, 0.1) is 25.2 Å². The summed E-state index contributed by atoms with van der Waals surface area (Å²) in [5, 5.41) is 12.0. The van der Waals surface area contributed by atoms with Crippen LogP contribution in [-0.4, -0.2) is 54.3 Å². The predicted octanol–water partition coefficient (Wildman–Crippen LogP) is 1.96. The van der Waals surface area contributed by atoms with Gasteiger partial charge in [-0.3, -0.25) is 19.4 Å². The summed E-state index contributed by atoms with van der Waals surface area (Å²) in [6.45, 7) is 6.86. The zero-order chi connectivity index (χ0) is 21.7. The van der Waals surface area contributed by atoms with Gasteiger partial charge in [0.2, 0.25) is 11.8 Å². The Hall–Kier alpha value is -3.21. The summed E-state index contributed by atoms with van der Waals surface area (Å²) >= 11 is 0. The number of piperazine rings is 1. The van der Waals surface area contributed by atoms with E-state index in [0.717, 1.165) is 22.4 Å². The molecular weight excluding hydrogens is 378 g/mol. The van der Waals surface area contributed by atoms with Crippen LogP contribution < -0.4 is 11.1 Å². The number of nitrogens with one attached hydrogen (secondary N) is 1. The van der Waals surface area contributed by atoms with Crippen molar-refractivity contribution in [2.24, 2.45) is 5.73 Å². The summed E-state index contributed by atoms with van der Waals surface area (Å²) in [6.07, 6.45) is 0. The molecule has 0 aliphatic carbocycles. The number of nitrogens with two attached hydrogens (primary N) is 1. The highest BCUT2D eigenvalue weighted by molar-refractivity contribution is 5.93. The van der Waals surface area contributed by atoms with Crippen LogP contribution in [0.1, 0.15) is 28.3 Å². The van der Waals surface area contributed by atoms with Gasteiger partial charge < -0.3 is 11.1 Å². The Bertz CT molecular complexity index is 936. The molecular formula is C23H27N5O2. The van der Waals surface area contributed by atoms with Crippen LogP contribution in [-0.2, 0) is 9.59 Å². The Kier molecular flexibility index (Phi) is 6.83. The molecule has 1 fully saturated rings. The van der Waals surface area contributed by atoms with Crippen molar-refractivity contribution in [2.45, 2.75) is 19.9 Å². The van der Waals surface area contributed by atoms with Gasteiger partial charge in [-0.2, -0.15) is 5.26 Å². The number of amides is 2. The average Bonchev–Trinajstić information content (AvgIpc) is 2.72. The molecule has 1 heterocycles. The number of carbonyl (C=O) groups is 2. The number of nitriles is 1. The minimum absolute atomic E-state index is 0.0422. The molecule has 1 aliphatic rings. The maximum Gasteiger partial charge on any atom is 0.239 e. The van der Waals surface area contributed by atoms with Crippen LogP contribution in [0.25, 0.3) is 0 Å². The normalized spacial score (nSPS) is 15.9. The number of para-hydroxylation sites is 1. The standard InChI is InChI=1S/C23H27N5O2/c1-16-4-3-5-17(2)21(16)26-20(29)15-27-10-12-28(13-11-27)22(23(25)30)19-8-6-18(14-24)7-9-19/h3-9,22H,10-13,15H2,1-2H3,(H2,25,30)(H,26,29). The van der Waals surface area contributed by atoms with E-state index in [2.05, 4.69) is 16.3 Å². The molecule has 1 unspecified atom stereocenters. The summed E-state index contributed by atoms with van der Waals surface area (Å²) < 4.78 is 0. The molecule has 1 aliphatic heterocycles. The van der Waals surface area contributed by atoms with Crippen molar-refractivity contribution in [2.75, 3.05) is 38.0 Å². The molecule has 0 aromatic heterocycles. The fraction of sp³-hybridized carbons (Fsp3) is 0.348. The topological polar surface area (TPSA) is 102 Å². The van der Waals surface area contributed by atoms with Crippen LogP contribution in [0.15, 0.2) is 42.5 Å². The average molecular weight is 406 g/mol. The van der Waals surface area contributed by atoms with Crippen LogP contribution in [0.4, 0.5) is 5.69 Å². The first kappa shape index (κ1) is 21.5. The highest BCUT2D eigenvalue weighted by Crippen LogP contribution is 2.23. The summed E-state index contributed by atoms with van der Waals surface area (Å²) in [4.78, 5) is 28.8. The van der Waals surface area contributed by atoms with Crippen molar-refractivity contribution in [3.8, 4) is 6.07 Å². The molecule has 0 bridgehead atoms. The summed E-state index contributed by atoms with van der Waals surface area (Å²) in [5.74, 6) is -0.458. The van der Waals surface area contributed by atoms with Gasteiger partial charge in [-0.25, -0.2) is 0 Å². The number of benzene rings is 2. The number of aryl methyl sites for hydroxylation is 2. The lowest BCUT2D eigenvalue weighted by atomic mass is 10.0. The first-order chi connectivity index (χ1) is 14.4. The number of hydrogen-bond acceptors (Lipinski definition) is 5. The number of primary amides is 1. The lowest BCUT2D eigenvalue weighted by molar-refractivity contribution is -0.125. The molecule has 2 amide bonds. The molecule has 0 spiro atoms. The summed E-state index contributed by atoms with van der Waals surface area (Å²) in [5.41, 5.74) is 9.95. The number of hydrogen-bond donors (Lipinski definition) is 2. The Balaban J connectivity index is 1.58. The fourth-order valence-corrected chi connectivity index (χ4v) is 3.87. The summed E-state index contributed by atoms with van der Waals surface area (Å²) in [7, 11) is 0. The first-order valence-electron chi connectivity index (χ1n) is 10.0. The molecule has 7 heteroatoms. The van der Waals surface area contributed by atoms with Crippen LogP contribution in [0.3, 0.4) is 0 Å². The zero-order valence-electron chi connectivity index (χ0n) is 17.4. The number of nitrogens with zero attached hydrogens (tertiary/aromatic N) is 3. The van der Waals surface area contributed by atoms with Crippen molar-refractivity contribution in [3.63, 3.8) is 0 Å². The van der Waals surface area contributed by atoms with Crippen molar-refractivity contribution in [1.29, 1.82) is 5.26 Å².